The topological polar surface area (TPSA) is 83.0 Å². The van der Waals surface area contributed by atoms with Crippen LogP contribution in [-0.4, -0.2) is 9.91 Å². The molecule has 86 valence electrons. The Hall–Kier alpha value is -2.50. The first-order valence-electron chi connectivity index (χ1n) is 4.89. The molecule has 1 aromatic carbocycles. The van der Waals surface area contributed by atoms with Crippen LogP contribution in [0.2, 0.25) is 0 Å². The number of aromatic nitrogens is 2. The predicted octanol–water partition coefficient (Wildman–Crippen LogP) is 1.60. The lowest BCUT2D eigenvalue weighted by molar-refractivity contribution is -0.603. The molecule has 0 aliphatic carbocycles. The van der Waals surface area contributed by atoms with Gasteiger partial charge in [-0.25, -0.2) is 4.73 Å². The van der Waals surface area contributed by atoms with Gasteiger partial charge in [-0.1, -0.05) is 6.07 Å². The molecule has 2 aromatic rings. The van der Waals surface area contributed by atoms with Gasteiger partial charge in [-0.3, -0.25) is 10.1 Å². The van der Waals surface area contributed by atoms with Gasteiger partial charge in [0.05, 0.1) is 10.5 Å². The Balaban J connectivity index is 2.57. The van der Waals surface area contributed by atoms with Gasteiger partial charge < -0.3 is 5.21 Å². The number of aryl methyl sites for hydroxylation is 1. The van der Waals surface area contributed by atoms with Crippen LogP contribution in [0, 0.1) is 22.2 Å². The molecule has 0 saturated heterocycles. The molecule has 17 heavy (non-hydrogen) atoms. The van der Waals surface area contributed by atoms with Crippen LogP contribution in [0.5, 0.6) is 0 Å². The van der Waals surface area contributed by atoms with Gasteiger partial charge in [-0.05, 0) is 18.0 Å². The van der Waals surface area contributed by atoms with Gasteiger partial charge in [-0.2, -0.15) is 0 Å². The molecule has 0 bridgehead atoms. The molecule has 0 aliphatic rings. The standard InChI is InChI=1S/C11H9N3O3/c1-8-5-6-12-11(13(8)15)9-3-2-4-10(7-9)14(16)17/h2-7H,1H3. The van der Waals surface area contributed by atoms with E-state index in [1.807, 2.05) is 0 Å². The van der Waals surface area contributed by atoms with Crippen molar-refractivity contribution in [3.05, 3.63) is 57.5 Å². The van der Waals surface area contributed by atoms with Crippen molar-refractivity contribution in [3.8, 4) is 11.4 Å². The highest BCUT2D eigenvalue weighted by molar-refractivity contribution is 5.56. The van der Waals surface area contributed by atoms with E-state index in [9.17, 15) is 15.3 Å². The Morgan fingerprint density at radius 1 is 1.35 bits per heavy atom. The maximum Gasteiger partial charge on any atom is 0.333 e. The number of hydrogen-bond acceptors (Lipinski definition) is 4. The van der Waals surface area contributed by atoms with E-state index in [0.717, 1.165) is 0 Å². The van der Waals surface area contributed by atoms with Crippen LogP contribution in [0.15, 0.2) is 36.5 Å². The van der Waals surface area contributed by atoms with Crippen LogP contribution in [0.25, 0.3) is 11.4 Å². The number of hydrogen-bond donors (Lipinski definition) is 0. The maximum absolute atomic E-state index is 11.7. The second kappa shape index (κ2) is 4.17. The summed E-state index contributed by atoms with van der Waals surface area (Å²) >= 11 is 0. The number of nitro groups is 1. The number of rotatable bonds is 2. The molecule has 0 spiro atoms. The first-order valence-corrected chi connectivity index (χ1v) is 4.89. The normalized spacial score (nSPS) is 10.2. The van der Waals surface area contributed by atoms with Gasteiger partial charge >= 0.3 is 5.82 Å². The zero-order valence-electron chi connectivity index (χ0n) is 9.03. The van der Waals surface area contributed by atoms with E-state index < -0.39 is 4.92 Å². The molecule has 0 fully saturated rings. The average Bonchev–Trinajstić information content (AvgIpc) is 2.33. The minimum absolute atomic E-state index is 0.0641. The van der Waals surface area contributed by atoms with Crippen LogP contribution >= 0.6 is 0 Å². The van der Waals surface area contributed by atoms with Crippen molar-refractivity contribution in [2.75, 3.05) is 0 Å². The summed E-state index contributed by atoms with van der Waals surface area (Å²) in [4.78, 5) is 14.1. The Bertz CT molecular complexity index is 584. The zero-order chi connectivity index (χ0) is 12.4. The van der Waals surface area contributed by atoms with Crippen molar-refractivity contribution < 1.29 is 9.65 Å². The van der Waals surface area contributed by atoms with Crippen LogP contribution in [0.1, 0.15) is 5.69 Å². The quantitative estimate of drug-likeness (QED) is 0.340. The highest BCUT2D eigenvalue weighted by atomic mass is 16.6. The molecule has 2 rings (SSSR count). The van der Waals surface area contributed by atoms with Crippen LogP contribution in [0.3, 0.4) is 0 Å². The second-order valence-electron chi connectivity index (χ2n) is 3.51. The SMILES string of the molecule is Cc1ccnc(-c2cccc([N+](=O)[O-])c2)[n+]1[O-]. The molecule has 0 saturated carbocycles. The fraction of sp³-hybridized carbons (Fsp3) is 0.0909. The molecular weight excluding hydrogens is 222 g/mol. The summed E-state index contributed by atoms with van der Waals surface area (Å²) in [7, 11) is 0. The monoisotopic (exact) mass is 231 g/mol. The zero-order valence-corrected chi connectivity index (χ0v) is 9.03. The van der Waals surface area contributed by atoms with E-state index in [4.69, 9.17) is 0 Å². The lowest BCUT2D eigenvalue weighted by Crippen LogP contribution is -2.33. The number of nitro benzene ring substituents is 1. The highest BCUT2D eigenvalue weighted by Gasteiger charge is 2.15. The van der Waals surface area contributed by atoms with E-state index in [2.05, 4.69) is 4.98 Å². The van der Waals surface area contributed by atoms with E-state index in [0.29, 0.717) is 16.0 Å². The Labute approximate surface area is 96.9 Å². The number of non-ortho nitro benzene ring substituents is 1. The molecule has 1 aromatic heterocycles. The van der Waals surface area contributed by atoms with Crippen molar-refractivity contribution >= 4 is 5.69 Å². The van der Waals surface area contributed by atoms with E-state index >= 15 is 0 Å². The molecular formula is C11H9N3O3. The Kier molecular flexibility index (Phi) is 2.70. The minimum Gasteiger partial charge on any atom is -0.710 e. The largest absolute Gasteiger partial charge is 0.710 e. The third kappa shape index (κ3) is 2.05. The van der Waals surface area contributed by atoms with Crippen molar-refractivity contribution in [1.29, 1.82) is 0 Å². The molecule has 0 atom stereocenters. The molecule has 6 heteroatoms. The van der Waals surface area contributed by atoms with Crippen LogP contribution in [-0.2, 0) is 0 Å². The lowest BCUT2D eigenvalue weighted by Gasteiger charge is -2.08. The summed E-state index contributed by atoms with van der Waals surface area (Å²) in [5.74, 6) is 0.161. The van der Waals surface area contributed by atoms with Gasteiger partial charge in [0.25, 0.3) is 5.69 Å². The lowest BCUT2D eigenvalue weighted by atomic mass is 10.2. The van der Waals surface area contributed by atoms with Crippen LogP contribution in [0.4, 0.5) is 5.69 Å². The number of nitrogens with zero attached hydrogens (tertiary/aromatic N) is 3. The van der Waals surface area contributed by atoms with Crippen molar-refractivity contribution in [3.63, 3.8) is 0 Å². The van der Waals surface area contributed by atoms with Crippen LogP contribution < -0.4 is 4.73 Å². The first kappa shape index (κ1) is 11.0. The van der Waals surface area contributed by atoms with Crippen molar-refractivity contribution in [2.45, 2.75) is 6.92 Å². The summed E-state index contributed by atoms with van der Waals surface area (Å²) < 4.78 is 0.652. The summed E-state index contributed by atoms with van der Waals surface area (Å²) in [6, 6.07) is 7.42. The van der Waals surface area contributed by atoms with Gasteiger partial charge in [-0.15, -0.1) is 0 Å². The molecule has 0 N–H and O–H groups in total. The smallest absolute Gasteiger partial charge is 0.333 e. The fourth-order valence-electron chi connectivity index (χ4n) is 1.45. The third-order valence-electron chi connectivity index (χ3n) is 2.34. The Morgan fingerprint density at radius 3 is 2.82 bits per heavy atom. The second-order valence-corrected chi connectivity index (χ2v) is 3.51. The summed E-state index contributed by atoms with van der Waals surface area (Å²) in [5, 5.41) is 22.4. The predicted molar refractivity (Wildman–Crippen MR) is 60.0 cm³/mol. The average molecular weight is 231 g/mol. The van der Waals surface area contributed by atoms with Crippen molar-refractivity contribution in [2.24, 2.45) is 0 Å². The molecule has 0 amide bonds. The summed E-state index contributed by atoms with van der Waals surface area (Å²) in [6.45, 7) is 1.65. The van der Waals surface area contributed by atoms with E-state index in [1.165, 1.54) is 24.4 Å². The molecule has 0 unspecified atom stereocenters. The van der Waals surface area contributed by atoms with Gasteiger partial charge in [0.15, 0.2) is 0 Å². The third-order valence-corrected chi connectivity index (χ3v) is 2.34. The minimum atomic E-state index is -0.506. The molecule has 0 aliphatic heterocycles. The molecule has 0 radical (unpaired) electrons. The summed E-state index contributed by atoms with van der Waals surface area (Å²) in [6.07, 6.45) is 1.50. The molecule has 6 nitrogen and oxygen atoms in total. The van der Waals surface area contributed by atoms with E-state index in [-0.39, 0.29) is 11.5 Å². The first-order chi connectivity index (χ1) is 8.09. The van der Waals surface area contributed by atoms with Gasteiger partial charge in [0.1, 0.15) is 11.9 Å². The highest BCUT2D eigenvalue weighted by Crippen LogP contribution is 2.19. The Morgan fingerprint density at radius 2 is 2.12 bits per heavy atom. The molecule has 1 heterocycles. The number of benzene rings is 1. The van der Waals surface area contributed by atoms with Gasteiger partial charge in [0, 0.05) is 18.2 Å². The van der Waals surface area contributed by atoms with E-state index in [1.54, 1.807) is 19.1 Å². The maximum atomic E-state index is 11.7. The fourth-order valence-corrected chi connectivity index (χ4v) is 1.45. The summed E-state index contributed by atoms with van der Waals surface area (Å²) in [5.41, 5.74) is 0.852. The van der Waals surface area contributed by atoms with Gasteiger partial charge in [0.2, 0.25) is 0 Å². The van der Waals surface area contributed by atoms with Crippen molar-refractivity contribution in [1.82, 2.24) is 4.98 Å².